The summed E-state index contributed by atoms with van der Waals surface area (Å²) in [6, 6.07) is 4.37. The molecular formula is C14H15FO2. The van der Waals surface area contributed by atoms with Crippen LogP contribution in [0.5, 0.6) is 0 Å². The maximum absolute atomic E-state index is 13.1. The Hall–Kier alpha value is -1.61. The molecule has 1 aromatic heterocycles. The molecule has 0 saturated carbocycles. The van der Waals surface area contributed by atoms with Gasteiger partial charge in [-0.2, -0.15) is 0 Å². The van der Waals surface area contributed by atoms with Gasteiger partial charge >= 0.3 is 0 Å². The largest absolute Gasteiger partial charge is 0.458 e. The number of hydrogen-bond acceptors (Lipinski definition) is 2. The number of aliphatic hydroxyl groups is 1. The summed E-state index contributed by atoms with van der Waals surface area (Å²) in [6.07, 6.45) is 2.36. The Morgan fingerprint density at radius 3 is 3.00 bits per heavy atom. The highest BCUT2D eigenvalue weighted by Crippen LogP contribution is 2.31. The van der Waals surface area contributed by atoms with Gasteiger partial charge in [-0.25, -0.2) is 4.39 Å². The molecule has 2 aromatic rings. The first-order chi connectivity index (χ1) is 8.13. The van der Waals surface area contributed by atoms with Crippen LogP contribution in [0.3, 0.4) is 0 Å². The van der Waals surface area contributed by atoms with Crippen LogP contribution < -0.4 is 0 Å². The fraction of sp³-hybridized carbons (Fsp3) is 0.286. The molecule has 0 aliphatic rings. The highest BCUT2D eigenvalue weighted by molar-refractivity contribution is 5.82. The Labute approximate surface area is 99.4 Å². The van der Waals surface area contributed by atoms with Crippen LogP contribution in [0.1, 0.15) is 30.3 Å². The van der Waals surface area contributed by atoms with Crippen LogP contribution in [0.2, 0.25) is 0 Å². The number of aliphatic hydroxyl groups excluding tert-OH is 1. The molecule has 0 fully saturated rings. The molecule has 0 spiro atoms. The minimum absolute atomic E-state index is 0.298. The Bertz CT molecular complexity index is 542. The molecule has 0 aliphatic heterocycles. The van der Waals surface area contributed by atoms with Gasteiger partial charge in [-0.05, 0) is 38.0 Å². The number of hydrogen-bond donors (Lipinski definition) is 1. The van der Waals surface area contributed by atoms with Crippen molar-refractivity contribution in [2.75, 3.05) is 0 Å². The molecule has 1 unspecified atom stereocenters. The molecule has 0 aliphatic carbocycles. The van der Waals surface area contributed by atoms with Crippen LogP contribution in [0, 0.1) is 12.7 Å². The van der Waals surface area contributed by atoms with Gasteiger partial charge in [0.05, 0.1) is 0 Å². The second-order valence-corrected chi connectivity index (χ2v) is 4.11. The van der Waals surface area contributed by atoms with Gasteiger partial charge in [-0.1, -0.05) is 6.08 Å². The molecule has 2 rings (SSSR count). The SMILES string of the molecule is C=CCCC(O)c1oc2ccc(F)cc2c1C. The quantitative estimate of drug-likeness (QED) is 0.814. The topological polar surface area (TPSA) is 33.4 Å². The Kier molecular flexibility index (Phi) is 3.29. The lowest BCUT2D eigenvalue weighted by molar-refractivity contribution is 0.143. The van der Waals surface area contributed by atoms with Gasteiger partial charge < -0.3 is 9.52 Å². The molecule has 90 valence electrons. The molecule has 0 saturated heterocycles. The van der Waals surface area contributed by atoms with E-state index in [9.17, 15) is 9.50 Å². The lowest BCUT2D eigenvalue weighted by atomic mass is 10.1. The number of aryl methyl sites for hydroxylation is 1. The highest BCUT2D eigenvalue weighted by atomic mass is 19.1. The first kappa shape index (κ1) is 11.9. The zero-order chi connectivity index (χ0) is 12.4. The van der Waals surface area contributed by atoms with E-state index in [0.29, 0.717) is 24.2 Å². The summed E-state index contributed by atoms with van der Waals surface area (Å²) in [5, 5.41) is 10.7. The highest BCUT2D eigenvalue weighted by Gasteiger charge is 2.17. The van der Waals surface area contributed by atoms with Gasteiger partial charge in [0.1, 0.15) is 23.3 Å². The normalized spacial score (nSPS) is 12.9. The van der Waals surface area contributed by atoms with Crippen molar-refractivity contribution >= 4 is 11.0 Å². The van der Waals surface area contributed by atoms with Gasteiger partial charge in [0.25, 0.3) is 0 Å². The minimum atomic E-state index is -0.663. The van der Waals surface area contributed by atoms with Crippen molar-refractivity contribution in [3.63, 3.8) is 0 Å². The van der Waals surface area contributed by atoms with Crippen molar-refractivity contribution in [2.45, 2.75) is 25.9 Å². The summed E-state index contributed by atoms with van der Waals surface area (Å²) in [6.45, 7) is 5.44. The summed E-state index contributed by atoms with van der Waals surface area (Å²) in [4.78, 5) is 0. The first-order valence-corrected chi connectivity index (χ1v) is 5.61. The number of halogens is 1. The number of allylic oxidation sites excluding steroid dienone is 1. The predicted molar refractivity (Wildman–Crippen MR) is 65.3 cm³/mol. The zero-order valence-electron chi connectivity index (χ0n) is 9.74. The van der Waals surface area contributed by atoms with Crippen molar-refractivity contribution in [3.8, 4) is 0 Å². The third kappa shape index (κ3) is 2.24. The maximum atomic E-state index is 13.1. The van der Waals surface area contributed by atoms with E-state index in [-0.39, 0.29) is 5.82 Å². The molecule has 0 bridgehead atoms. The van der Waals surface area contributed by atoms with Crippen LogP contribution in [-0.4, -0.2) is 5.11 Å². The van der Waals surface area contributed by atoms with E-state index in [2.05, 4.69) is 6.58 Å². The van der Waals surface area contributed by atoms with E-state index in [4.69, 9.17) is 4.42 Å². The minimum Gasteiger partial charge on any atom is -0.458 e. The summed E-state index contributed by atoms with van der Waals surface area (Å²) < 4.78 is 18.7. The van der Waals surface area contributed by atoms with E-state index in [1.807, 2.05) is 6.92 Å². The molecule has 1 heterocycles. The Morgan fingerprint density at radius 2 is 2.29 bits per heavy atom. The summed E-state index contributed by atoms with van der Waals surface area (Å²) in [5.41, 5.74) is 1.41. The molecule has 0 amide bonds. The Balaban J connectivity index is 2.41. The van der Waals surface area contributed by atoms with Crippen molar-refractivity contribution in [1.29, 1.82) is 0 Å². The lowest BCUT2D eigenvalue weighted by Gasteiger charge is -2.06. The second kappa shape index (κ2) is 4.72. The zero-order valence-corrected chi connectivity index (χ0v) is 9.74. The van der Waals surface area contributed by atoms with E-state index in [1.165, 1.54) is 12.1 Å². The third-order valence-corrected chi connectivity index (χ3v) is 2.88. The van der Waals surface area contributed by atoms with Gasteiger partial charge in [0.15, 0.2) is 0 Å². The number of benzene rings is 1. The van der Waals surface area contributed by atoms with Crippen molar-refractivity contribution in [2.24, 2.45) is 0 Å². The van der Waals surface area contributed by atoms with Crippen molar-refractivity contribution < 1.29 is 13.9 Å². The molecule has 1 atom stereocenters. The number of furan rings is 1. The lowest BCUT2D eigenvalue weighted by Crippen LogP contribution is -1.96. The predicted octanol–water partition coefficient (Wildman–Crippen LogP) is 3.88. The molecular weight excluding hydrogens is 219 g/mol. The molecule has 3 heteroatoms. The molecule has 17 heavy (non-hydrogen) atoms. The van der Waals surface area contributed by atoms with Gasteiger partial charge in [-0.15, -0.1) is 6.58 Å². The number of rotatable bonds is 4. The third-order valence-electron chi connectivity index (χ3n) is 2.88. The molecule has 1 aromatic carbocycles. The average Bonchev–Trinajstić information content (AvgIpc) is 2.64. The smallest absolute Gasteiger partial charge is 0.136 e. The van der Waals surface area contributed by atoms with Crippen LogP contribution in [0.4, 0.5) is 4.39 Å². The molecule has 0 radical (unpaired) electrons. The van der Waals surface area contributed by atoms with Gasteiger partial charge in [0, 0.05) is 10.9 Å². The van der Waals surface area contributed by atoms with Crippen molar-refractivity contribution in [3.05, 3.63) is 48.0 Å². The molecule has 2 nitrogen and oxygen atoms in total. The summed E-state index contributed by atoms with van der Waals surface area (Å²) in [5.74, 6) is 0.223. The van der Waals surface area contributed by atoms with Crippen LogP contribution in [-0.2, 0) is 0 Å². The summed E-state index contributed by atoms with van der Waals surface area (Å²) >= 11 is 0. The van der Waals surface area contributed by atoms with Crippen molar-refractivity contribution in [1.82, 2.24) is 0 Å². The van der Waals surface area contributed by atoms with Gasteiger partial charge in [0.2, 0.25) is 0 Å². The monoisotopic (exact) mass is 234 g/mol. The fourth-order valence-electron chi connectivity index (χ4n) is 1.94. The second-order valence-electron chi connectivity index (χ2n) is 4.11. The van der Waals surface area contributed by atoms with E-state index in [0.717, 1.165) is 10.9 Å². The van der Waals surface area contributed by atoms with Crippen LogP contribution >= 0.6 is 0 Å². The number of fused-ring (bicyclic) bond motifs is 1. The van der Waals surface area contributed by atoms with E-state index >= 15 is 0 Å². The standard InChI is InChI=1S/C14H15FO2/c1-3-4-5-12(16)14-9(2)11-8-10(15)6-7-13(11)17-14/h3,6-8,12,16H,1,4-5H2,2H3. The summed E-state index contributed by atoms with van der Waals surface area (Å²) in [7, 11) is 0. The maximum Gasteiger partial charge on any atom is 0.136 e. The van der Waals surface area contributed by atoms with E-state index < -0.39 is 6.10 Å². The van der Waals surface area contributed by atoms with E-state index in [1.54, 1.807) is 12.1 Å². The van der Waals surface area contributed by atoms with Crippen LogP contribution in [0.15, 0.2) is 35.3 Å². The first-order valence-electron chi connectivity index (χ1n) is 5.61. The fourth-order valence-corrected chi connectivity index (χ4v) is 1.94. The molecule has 1 N–H and O–H groups in total. The van der Waals surface area contributed by atoms with Gasteiger partial charge in [-0.3, -0.25) is 0 Å². The van der Waals surface area contributed by atoms with Crippen LogP contribution in [0.25, 0.3) is 11.0 Å². The Morgan fingerprint density at radius 1 is 1.53 bits per heavy atom. The average molecular weight is 234 g/mol.